The highest BCUT2D eigenvalue weighted by atomic mass is 15.1. The maximum atomic E-state index is 4.06. The number of hydrogen-bond acceptors (Lipinski definition) is 2. The quantitative estimate of drug-likeness (QED) is 0.702. The molecule has 0 N–H and O–H groups in total. The molecule has 2 fully saturated rings. The van der Waals surface area contributed by atoms with Crippen LogP contribution in [0.15, 0.2) is 12.2 Å². The molecule has 2 nitrogen and oxygen atoms in total. The van der Waals surface area contributed by atoms with Crippen molar-refractivity contribution in [1.82, 2.24) is 9.80 Å². The van der Waals surface area contributed by atoms with Gasteiger partial charge >= 0.3 is 0 Å². The normalized spacial score (nSPS) is 24.7. The molecule has 0 spiro atoms. The average molecular weight is 264 g/mol. The number of hydrogen-bond donors (Lipinski definition) is 0. The number of piperidine rings is 2. The molecule has 0 aliphatic carbocycles. The lowest BCUT2D eigenvalue weighted by molar-refractivity contribution is 0.120. The minimum Gasteiger partial charge on any atom is -0.304 e. The van der Waals surface area contributed by atoms with E-state index in [0.717, 1.165) is 11.8 Å². The molecule has 0 aromatic rings. The molecule has 0 radical (unpaired) electrons. The van der Waals surface area contributed by atoms with Crippen LogP contribution in [0.3, 0.4) is 0 Å². The molecule has 0 bridgehead atoms. The van der Waals surface area contributed by atoms with E-state index in [4.69, 9.17) is 0 Å². The summed E-state index contributed by atoms with van der Waals surface area (Å²) in [5, 5.41) is 0. The summed E-state index contributed by atoms with van der Waals surface area (Å²) in [6.07, 6.45) is 6.86. The van der Waals surface area contributed by atoms with E-state index in [1.54, 1.807) is 0 Å². The predicted octanol–water partition coefficient (Wildman–Crippen LogP) is 3.40. The molecular formula is C17H32N2. The van der Waals surface area contributed by atoms with Crippen LogP contribution in [0.2, 0.25) is 0 Å². The summed E-state index contributed by atoms with van der Waals surface area (Å²) in [5.41, 5.74) is 1.37. The predicted molar refractivity (Wildman–Crippen MR) is 83.4 cm³/mol. The van der Waals surface area contributed by atoms with Crippen molar-refractivity contribution < 1.29 is 0 Å². The molecule has 0 unspecified atom stereocenters. The van der Waals surface area contributed by atoms with Crippen molar-refractivity contribution in [2.45, 2.75) is 46.0 Å². The first-order valence-electron chi connectivity index (χ1n) is 8.26. The molecule has 0 aromatic carbocycles. The monoisotopic (exact) mass is 264 g/mol. The third kappa shape index (κ3) is 4.92. The molecular weight excluding hydrogens is 232 g/mol. The van der Waals surface area contributed by atoms with Crippen molar-refractivity contribution in [1.29, 1.82) is 0 Å². The van der Waals surface area contributed by atoms with Gasteiger partial charge in [-0.05, 0) is 83.6 Å². The minimum absolute atomic E-state index is 0.913. The first kappa shape index (κ1) is 15.1. The van der Waals surface area contributed by atoms with Gasteiger partial charge in [-0.3, -0.25) is 0 Å². The van der Waals surface area contributed by atoms with Gasteiger partial charge in [0.05, 0.1) is 0 Å². The third-order valence-corrected chi connectivity index (χ3v) is 5.02. The number of allylic oxidation sites excluding steroid dienone is 1. The Bertz CT molecular complexity index is 271. The molecule has 2 saturated heterocycles. The Hall–Kier alpha value is -0.340. The van der Waals surface area contributed by atoms with Crippen LogP contribution < -0.4 is 0 Å². The second-order valence-corrected chi connectivity index (χ2v) is 6.78. The van der Waals surface area contributed by atoms with Gasteiger partial charge < -0.3 is 9.80 Å². The van der Waals surface area contributed by atoms with Crippen LogP contribution in [0.5, 0.6) is 0 Å². The Morgan fingerprint density at radius 1 is 0.947 bits per heavy atom. The Morgan fingerprint density at radius 2 is 1.47 bits per heavy atom. The van der Waals surface area contributed by atoms with Crippen LogP contribution in [0.25, 0.3) is 0 Å². The van der Waals surface area contributed by atoms with Crippen LogP contribution in [0.1, 0.15) is 46.0 Å². The molecule has 2 aliphatic heterocycles. The van der Waals surface area contributed by atoms with Crippen LogP contribution in [-0.2, 0) is 0 Å². The molecule has 19 heavy (non-hydrogen) atoms. The van der Waals surface area contributed by atoms with Gasteiger partial charge in [-0.2, -0.15) is 0 Å². The molecule has 0 aromatic heterocycles. The van der Waals surface area contributed by atoms with Crippen LogP contribution in [-0.4, -0.2) is 49.1 Å². The molecule has 110 valence electrons. The van der Waals surface area contributed by atoms with E-state index in [2.05, 4.69) is 30.2 Å². The highest BCUT2D eigenvalue weighted by Crippen LogP contribution is 2.25. The fraction of sp³-hybridized carbons (Fsp3) is 0.882. The van der Waals surface area contributed by atoms with E-state index in [1.807, 2.05) is 0 Å². The molecule has 0 saturated carbocycles. The molecule has 0 atom stereocenters. The summed E-state index contributed by atoms with van der Waals surface area (Å²) in [6, 6.07) is 0. The first-order chi connectivity index (χ1) is 9.17. The Labute approximate surface area is 119 Å². The topological polar surface area (TPSA) is 6.48 Å². The van der Waals surface area contributed by atoms with Crippen molar-refractivity contribution in [2.75, 3.05) is 39.3 Å². The van der Waals surface area contributed by atoms with Crippen molar-refractivity contribution in [2.24, 2.45) is 11.8 Å². The summed E-state index contributed by atoms with van der Waals surface area (Å²) in [7, 11) is 0. The SMILES string of the molecule is C=C(C)CC1CCN(CC2CCN(CC)CC2)CC1. The van der Waals surface area contributed by atoms with Crippen LogP contribution in [0.4, 0.5) is 0 Å². The van der Waals surface area contributed by atoms with E-state index in [-0.39, 0.29) is 0 Å². The zero-order valence-electron chi connectivity index (χ0n) is 13.0. The first-order valence-corrected chi connectivity index (χ1v) is 8.26. The van der Waals surface area contributed by atoms with Crippen LogP contribution >= 0.6 is 0 Å². The number of rotatable bonds is 5. The summed E-state index contributed by atoms with van der Waals surface area (Å²) >= 11 is 0. The Kier molecular flexibility index (Phi) is 5.90. The largest absolute Gasteiger partial charge is 0.304 e. The highest BCUT2D eigenvalue weighted by molar-refractivity contribution is 4.92. The van der Waals surface area contributed by atoms with E-state index < -0.39 is 0 Å². The molecule has 2 heterocycles. The van der Waals surface area contributed by atoms with Gasteiger partial charge in [-0.15, -0.1) is 6.58 Å². The smallest absolute Gasteiger partial charge is 0.00106 e. The molecule has 2 heteroatoms. The van der Waals surface area contributed by atoms with Gasteiger partial charge in [0.1, 0.15) is 0 Å². The summed E-state index contributed by atoms with van der Waals surface area (Å²) in [6.45, 7) is 16.4. The minimum atomic E-state index is 0.913. The summed E-state index contributed by atoms with van der Waals surface area (Å²) < 4.78 is 0. The van der Waals surface area contributed by atoms with Crippen LogP contribution in [0, 0.1) is 11.8 Å². The zero-order valence-corrected chi connectivity index (χ0v) is 13.0. The van der Waals surface area contributed by atoms with Crippen molar-refractivity contribution >= 4 is 0 Å². The van der Waals surface area contributed by atoms with Crippen molar-refractivity contribution in [3.8, 4) is 0 Å². The second kappa shape index (κ2) is 7.44. The van der Waals surface area contributed by atoms with Gasteiger partial charge in [-0.25, -0.2) is 0 Å². The standard InChI is InChI=1S/C17H32N2/c1-4-18-9-7-17(8-10-18)14-19-11-5-16(6-12-19)13-15(2)3/h16-17H,2,4-14H2,1,3H3. The lowest BCUT2D eigenvalue weighted by Crippen LogP contribution is -2.41. The molecule has 2 aliphatic rings. The van der Waals surface area contributed by atoms with Gasteiger partial charge in [-0.1, -0.05) is 12.5 Å². The van der Waals surface area contributed by atoms with E-state index in [0.29, 0.717) is 0 Å². The lowest BCUT2D eigenvalue weighted by Gasteiger charge is -2.37. The van der Waals surface area contributed by atoms with Gasteiger partial charge in [0.2, 0.25) is 0 Å². The van der Waals surface area contributed by atoms with Gasteiger partial charge in [0, 0.05) is 6.54 Å². The van der Waals surface area contributed by atoms with E-state index >= 15 is 0 Å². The average Bonchev–Trinajstić information content (AvgIpc) is 2.41. The zero-order chi connectivity index (χ0) is 13.7. The summed E-state index contributed by atoms with van der Waals surface area (Å²) in [4.78, 5) is 5.32. The second-order valence-electron chi connectivity index (χ2n) is 6.78. The Balaban J connectivity index is 1.64. The maximum Gasteiger partial charge on any atom is 0.00106 e. The van der Waals surface area contributed by atoms with Crippen molar-refractivity contribution in [3.63, 3.8) is 0 Å². The van der Waals surface area contributed by atoms with E-state index in [9.17, 15) is 0 Å². The number of likely N-dealkylation sites (tertiary alicyclic amines) is 2. The van der Waals surface area contributed by atoms with Gasteiger partial charge in [0.25, 0.3) is 0 Å². The van der Waals surface area contributed by atoms with Crippen molar-refractivity contribution in [3.05, 3.63) is 12.2 Å². The van der Waals surface area contributed by atoms with Gasteiger partial charge in [0.15, 0.2) is 0 Å². The maximum absolute atomic E-state index is 4.06. The fourth-order valence-electron chi connectivity index (χ4n) is 3.72. The lowest BCUT2D eigenvalue weighted by atomic mass is 9.89. The summed E-state index contributed by atoms with van der Waals surface area (Å²) in [5.74, 6) is 1.87. The highest BCUT2D eigenvalue weighted by Gasteiger charge is 2.24. The fourth-order valence-corrected chi connectivity index (χ4v) is 3.72. The van der Waals surface area contributed by atoms with E-state index in [1.165, 1.54) is 76.9 Å². The Morgan fingerprint density at radius 3 is 2.00 bits per heavy atom. The number of nitrogens with zero attached hydrogens (tertiary/aromatic N) is 2. The third-order valence-electron chi connectivity index (χ3n) is 5.02. The molecule has 0 amide bonds. The molecule has 2 rings (SSSR count).